The lowest BCUT2D eigenvalue weighted by molar-refractivity contribution is -0.139. The van der Waals surface area contributed by atoms with E-state index in [1.807, 2.05) is 0 Å². The van der Waals surface area contributed by atoms with Crippen LogP contribution in [0, 0.1) is 5.92 Å². The van der Waals surface area contributed by atoms with Crippen molar-refractivity contribution in [3.63, 3.8) is 0 Å². The number of carbonyl (C=O) groups excluding carboxylic acids is 12. The third-order valence-electron chi connectivity index (χ3n) is 9.54. The molecular weight excluding hydrogens is 766 g/mol. The molecule has 0 saturated carbocycles. The molecule has 2 aliphatic rings. The Morgan fingerprint density at radius 3 is 1.69 bits per heavy atom. The maximum atomic E-state index is 13.2. The molecular formula is C35H55N11O12. The van der Waals surface area contributed by atoms with Crippen LogP contribution in [0.25, 0.3) is 0 Å². The van der Waals surface area contributed by atoms with Gasteiger partial charge in [-0.2, -0.15) is 0 Å². The van der Waals surface area contributed by atoms with Gasteiger partial charge < -0.3 is 58.1 Å². The van der Waals surface area contributed by atoms with Crippen molar-refractivity contribution in [3.8, 4) is 0 Å². The summed E-state index contributed by atoms with van der Waals surface area (Å²) in [6, 6.07) is -4.37. The molecule has 11 amide bonds. The van der Waals surface area contributed by atoms with Gasteiger partial charge in [-0.1, -0.05) is 20.3 Å². The summed E-state index contributed by atoms with van der Waals surface area (Å²) in [7, 11) is 1.23. The molecule has 10 N–H and O–H groups in total. The lowest BCUT2D eigenvalue weighted by Gasteiger charge is -2.26. The largest absolute Gasteiger partial charge is 0.368 e. The lowest BCUT2D eigenvalue weighted by atomic mass is 9.98. The molecule has 322 valence electrons. The van der Waals surface area contributed by atoms with Gasteiger partial charge in [0.15, 0.2) is 0 Å². The third-order valence-corrected chi connectivity index (χ3v) is 9.54. The number of nitrogens with zero attached hydrogens (tertiary/aromatic N) is 2. The van der Waals surface area contributed by atoms with Crippen molar-refractivity contribution >= 4 is 70.8 Å². The minimum absolute atomic E-state index is 0.244. The highest BCUT2D eigenvalue weighted by molar-refractivity contribution is 6.36. The molecule has 0 aromatic carbocycles. The second-order valence-electron chi connectivity index (χ2n) is 13.8. The average molecular weight is 822 g/mol. The van der Waals surface area contributed by atoms with Gasteiger partial charge in [0, 0.05) is 33.5 Å². The molecule has 2 heterocycles. The number of rotatable bonds is 22. The molecule has 0 bridgehead atoms. The summed E-state index contributed by atoms with van der Waals surface area (Å²) in [5.74, 6) is -9.04. The van der Waals surface area contributed by atoms with Crippen molar-refractivity contribution in [1.29, 1.82) is 0 Å². The van der Waals surface area contributed by atoms with Crippen LogP contribution in [0.1, 0.15) is 65.7 Å². The molecule has 2 saturated heterocycles. The van der Waals surface area contributed by atoms with Gasteiger partial charge >= 0.3 is 0 Å². The Labute approximate surface area is 334 Å². The first-order valence-electron chi connectivity index (χ1n) is 19.0. The van der Waals surface area contributed by atoms with E-state index in [-0.39, 0.29) is 26.1 Å². The molecule has 0 aromatic rings. The molecule has 23 nitrogen and oxygen atoms in total. The second-order valence-corrected chi connectivity index (χ2v) is 13.8. The van der Waals surface area contributed by atoms with E-state index in [9.17, 15) is 57.5 Å². The molecule has 2 fully saturated rings. The van der Waals surface area contributed by atoms with Crippen molar-refractivity contribution < 1.29 is 57.5 Å². The van der Waals surface area contributed by atoms with Gasteiger partial charge in [0.05, 0.1) is 32.7 Å². The van der Waals surface area contributed by atoms with Crippen molar-refractivity contribution in [2.45, 2.75) is 89.9 Å². The summed E-state index contributed by atoms with van der Waals surface area (Å²) in [4.78, 5) is 152. The zero-order valence-corrected chi connectivity index (χ0v) is 33.2. The highest BCUT2D eigenvalue weighted by atomic mass is 16.2. The van der Waals surface area contributed by atoms with Gasteiger partial charge in [-0.3, -0.25) is 57.5 Å². The Kier molecular flexibility index (Phi) is 19.7. The fourth-order valence-corrected chi connectivity index (χ4v) is 6.19. The van der Waals surface area contributed by atoms with Gasteiger partial charge in [0.2, 0.25) is 64.9 Å². The quantitative estimate of drug-likeness (QED) is 0.0462. The molecule has 0 aliphatic carbocycles. The lowest BCUT2D eigenvalue weighted by Crippen LogP contribution is -2.56. The summed E-state index contributed by atoms with van der Waals surface area (Å²) in [5.41, 5.74) is 5.07. The van der Waals surface area contributed by atoms with Gasteiger partial charge in [-0.15, -0.1) is 0 Å². The topological polar surface area (TPSA) is 334 Å². The van der Waals surface area contributed by atoms with Crippen LogP contribution in [-0.4, -0.2) is 158 Å². The van der Waals surface area contributed by atoms with E-state index in [0.717, 1.165) is 0 Å². The Hall–Kier alpha value is -6.16. The fourth-order valence-electron chi connectivity index (χ4n) is 6.19. The van der Waals surface area contributed by atoms with Crippen molar-refractivity contribution in [2.24, 2.45) is 11.7 Å². The summed E-state index contributed by atoms with van der Waals surface area (Å²) >= 11 is 0. The zero-order valence-electron chi connectivity index (χ0n) is 33.2. The standard InChI is InChI=1S/C35H55N11O12/c1-5-19(2)30(35(58)42-18-29(53)46-13-6-8-22(46)32(55)39-14-25(36)49)44-27(51)16-40-31(54)21(10-11-24(48)34(57)37-4)43-26(50)15-41-33(56)23-9-7-12-45(23)28(52)17-38-20(3)47/h19,21-23,30H,5-18H2,1-4H3,(H2,36,49)(H,37,57)(H,38,47)(H,39,55)(H,40,54)(H,41,56)(H,42,58)(H,43,50)(H,44,51)/t19?,21-,22-,23?,30?/m0/s1. The predicted molar refractivity (Wildman–Crippen MR) is 201 cm³/mol. The Bertz CT molecular complexity index is 1610. The molecule has 58 heavy (non-hydrogen) atoms. The maximum absolute atomic E-state index is 13.2. The summed E-state index contributed by atoms with van der Waals surface area (Å²) in [6.45, 7) is 2.66. The number of ketones is 1. The van der Waals surface area contributed by atoms with Crippen LogP contribution in [-0.2, 0) is 57.5 Å². The molecule has 23 heteroatoms. The number of amides is 11. The summed E-state index contributed by atoms with van der Waals surface area (Å²) < 4.78 is 0. The number of nitrogens with one attached hydrogen (secondary N) is 8. The Morgan fingerprint density at radius 1 is 0.672 bits per heavy atom. The number of carbonyl (C=O) groups is 12. The summed E-state index contributed by atoms with van der Waals surface area (Å²) in [5, 5.41) is 19.0. The van der Waals surface area contributed by atoms with E-state index in [1.165, 1.54) is 23.8 Å². The molecule has 2 aliphatic heterocycles. The van der Waals surface area contributed by atoms with E-state index >= 15 is 0 Å². The van der Waals surface area contributed by atoms with Gasteiger partial charge in [-0.25, -0.2) is 0 Å². The number of primary amides is 1. The first-order valence-corrected chi connectivity index (χ1v) is 19.0. The van der Waals surface area contributed by atoms with Crippen LogP contribution >= 0.6 is 0 Å². The number of nitrogens with two attached hydrogens (primary N) is 1. The van der Waals surface area contributed by atoms with E-state index < -0.39 is 133 Å². The van der Waals surface area contributed by atoms with Crippen LogP contribution < -0.4 is 48.3 Å². The first kappa shape index (κ1) is 48.0. The third kappa shape index (κ3) is 15.4. The van der Waals surface area contributed by atoms with Gasteiger partial charge in [0.25, 0.3) is 5.91 Å². The monoisotopic (exact) mass is 821 g/mol. The smallest absolute Gasteiger partial charge is 0.287 e. The number of hydrogen-bond donors (Lipinski definition) is 9. The van der Waals surface area contributed by atoms with E-state index in [0.29, 0.717) is 32.1 Å². The van der Waals surface area contributed by atoms with Crippen LogP contribution in [0.2, 0.25) is 0 Å². The van der Waals surface area contributed by atoms with E-state index in [1.54, 1.807) is 13.8 Å². The highest BCUT2D eigenvalue weighted by Gasteiger charge is 2.36. The SMILES string of the molecule is CCC(C)C(NC(=O)CNC(=O)[C@H](CCC(=O)C(=O)NC)NC(=O)CNC(=O)C1CCCN1C(=O)CNC(C)=O)C(=O)NCC(=O)N1CCC[C@H]1C(=O)NCC(N)=O. The van der Waals surface area contributed by atoms with Gasteiger partial charge in [0.1, 0.15) is 24.2 Å². The Morgan fingerprint density at radius 2 is 1.17 bits per heavy atom. The fraction of sp³-hybridized carbons (Fsp3) is 0.657. The van der Waals surface area contributed by atoms with Crippen LogP contribution in [0.4, 0.5) is 0 Å². The minimum Gasteiger partial charge on any atom is -0.368 e. The van der Waals surface area contributed by atoms with E-state index in [4.69, 9.17) is 5.73 Å². The molecule has 0 radical (unpaired) electrons. The molecule has 2 rings (SSSR count). The number of hydrogen-bond acceptors (Lipinski definition) is 12. The van der Waals surface area contributed by atoms with Crippen molar-refractivity contribution in [2.75, 3.05) is 52.9 Å². The molecule has 0 spiro atoms. The van der Waals surface area contributed by atoms with Crippen molar-refractivity contribution in [1.82, 2.24) is 52.3 Å². The van der Waals surface area contributed by atoms with Crippen molar-refractivity contribution in [3.05, 3.63) is 0 Å². The highest BCUT2D eigenvalue weighted by Crippen LogP contribution is 2.18. The second kappa shape index (κ2) is 23.8. The molecule has 0 aromatic heterocycles. The number of likely N-dealkylation sites (tertiary alicyclic amines) is 2. The van der Waals surface area contributed by atoms with Crippen LogP contribution in [0.15, 0.2) is 0 Å². The first-order chi connectivity index (χ1) is 27.4. The minimum atomic E-state index is -1.46. The Balaban J connectivity index is 2.01. The average Bonchev–Trinajstić information content (AvgIpc) is 3.90. The summed E-state index contributed by atoms with van der Waals surface area (Å²) in [6.07, 6.45) is 1.25. The van der Waals surface area contributed by atoms with E-state index in [2.05, 4.69) is 42.5 Å². The molecule has 5 atom stereocenters. The molecule has 3 unspecified atom stereocenters. The number of Topliss-reactive ketones (excluding diaryl/α,β-unsaturated/α-hetero) is 1. The number of likely N-dealkylation sites (N-methyl/N-ethyl adjacent to an activating group) is 1. The normalized spacial score (nSPS) is 17.4. The maximum Gasteiger partial charge on any atom is 0.287 e. The van der Waals surface area contributed by atoms with Crippen LogP contribution in [0.3, 0.4) is 0 Å². The zero-order chi connectivity index (χ0) is 43.5. The van der Waals surface area contributed by atoms with Gasteiger partial charge in [-0.05, 0) is 38.0 Å². The predicted octanol–water partition coefficient (Wildman–Crippen LogP) is -5.83. The van der Waals surface area contributed by atoms with Crippen LogP contribution in [0.5, 0.6) is 0 Å².